The van der Waals surface area contributed by atoms with E-state index in [2.05, 4.69) is 21.2 Å². The van der Waals surface area contributed by atoms with Gasteiger partial charge in [-0.2, -0.15) is 0 Å². The first-order valence-corrected chi connectivity index (χ1v) is 8.42. The molecule has 0 aromatic heterocycles. The third-order valence-corrected chi connectivity index (χ3v) is 4.09. The van der Waals surface area contributed by atoms with Crippen molar-refractivity contribution in [2.75, 3.05) is 32.8 Å². The largest absolute Gasteiger partial charge is 0.494 e. The molecule has 1 amide bonds. The number of benzene rings is 1. The highest BCUT2D eigenvalue weighted by atomic mass is 79.9. The summed E-state index contributed by atoms with van der Waals surface area (Å²) in [5, 5.41) is 3.31. The molecule has 22 heavy (non-hydrogen) atoms. The van der Waals surface area contributed by atoms with Crippen molar-refractivity contribution < 1.29 is 9.53 Å². The van der Waals surface area contributed by atoms with Gasteiger partial charge >= 0.3 is 0 Å². The van der Waals surface area contributed by atoms with Crippen molar-refractivity contribution in [3.8, 4) is 5.75 Å². The second-order valence-electron chi connectivity index (χ2n) is 5.24. The van der Waals surface area contributed by atoms with E-state index >= 15 is 0 Å². The number of carbonyl (C=O) groups excluding carboxylic acids is 1. The Bertz CT molecular complexity index is 434. The topological polar surface area (TPSA) is 41.6 Å². The minimum Gasteiger partial charge on any atom is -0.494 e. The number of hydrogen-bond acceptors (Lipinski definition) is 3. The first-order valence-electron chi connectivity index (χ1n) is 7.62. The van der Waals surface area contributed by atoms with Crippen LogP contribution < -0.4 is 10.1 Å². The van der Waals surface area contributed by atoms with Crippen LogP contribution in [0.25, 0.3) is 0 Å². The molecule has 1 heterocycles. The van der Waals surface area contributed by atoms with E-state index in [-0.39, 0.29) is 18.3 Å². The summed E-state index contributed by atoms with van der Waals surface area (Å²) in [4.78, 5) is 14.1. The van der Waals surface area contributed by atoms with Crippen LogP contribution in [0.3, 0.4) is 0 Å². The molecular formula is C16H24BrClN2O2. The smallest absolute Gasteiger partial charge is 0.222 e. The Balaban J connectivity index is 0.00000242. The molecule has 1 aliphatic rings. The van der Waals surface area contributed by atoms with Gasteiger partial charge in [-0.05, 0) is 50.1 Å². The van der Waals surface area contributed by atoms with E-state index in [0.29, 0.717) is 13.0 Å². The number of nitrogens with one attached hydrogen (secondary N) is 1. The molecule has 124 valence electrons. The van der Waals surface area contributed by atoms with Crippen LogP contribution in [0.15, 0.2) is 28.7 Å². The number of rotatable bonds is 6. The van der Waals surface area contributed by atoms with Crippen molar-refractivity contribution in [2.24, 2.45) is 0 Å². The SMILES string of the molecule is Cl.O=C(CCCCOc1ccc(Br)cc1)N1CCCNCC1. The second-order valence-corrected chi connectivity index (χ2v) is 6.16. The summed E-state index contributed by atoms with van der Waals surface area (Å²) in [7, 11) is 0. The monoisotopic (exact) mass is 390 g/mol. The highest BCUT2D eigenvalue weighted by Crippen LogP contribution is 2.16. The second kappa shape index (κ2) is 10.9. The third-order valence-electron chi connectivity index (χ3n) is 3.56. The summed E-state index contributed by atoms with van der Waals surface area (Å²) in [5.41, 5.74) is 0. The van der Waals surface area contributed by atoms with Gasteiger partial charge in [0.1, 0.15) is 5.75 Å². The molecule has 1 aromatic rings. The lowest BCUT2D eigenvalue weighted by atomic mass is 10.2. The number of carbonyl (C=O) groups is 1. The molecule has 1 aromatic carbocycles. The lowest BCUT2D eigenvalue weighted by Gasteiger charge is -2.19. The van der Waals surface area contributed by atoms with Crippen LogP contribution in [0, 0.1) is 0 Å². The Morgan fingerprint density at radius 2 is 1.95 bits per heavy atom. The molecule has 0 saturated carbocycles. The lowest BCUT2D eigenvalue weighted by molar-refractivity contribution is -0.131. The zero-order chi connectivity index (χ0) is 14.9. The van der Waals surface area contributed by atoms with Gasteiger partial charge in [0.25, 0.3) is 0 Å². The molecule has 2 rings (SSSR count). The standard InChI is InChI=1S/C16H23BrN2O2.ClH/c17-14-5-7-15(8-6-14)21-13-2-1-4-16(20)19-11-3-9-18-10-12-19;/h5-8,18H,1-4,9-13H2;1H. The fourth-order valence-electron chi connectivity index (χ4n) is 2.35. The van der Waals surface area contributed by atoms with Crippen LogP contribution in [-0.2, 0) is 4.79 Å². The van der Waals surface area contributed by atoms with Gasteiger partial charge in [0.05, 0.1) is 6.61 Å². The number of halogens is 2. The fourth-order valence-corrected chi connectivity index (χ4v) is 2.62. The number of hydrogen-bond donors (Lipinski definition) is 1. The molecule has 0 unspecified atom stereocenters. The quantitative estimate of drug-likeness (QED) is 0.757. The molecule has 0 atom stereocenters. The Labute approximate surface area is 147 Å². The van der Waals surface area contributed by atoms with Crippen LogP contribution in [0.2, 0.25) is 0 Å². The minimum atomic E-state index is 0. The van der Waals surface area contributed by atoms with Crippen LogP contribution in [0.5, 0.6) is 5.75 Å². The predicted molar refractivity (Wildman–Crippen MR) is 94.8 cm³/mol. The van der Waals surface area contributed by atoms with Crippen molar-refractivity contribution >= 4 is 34.2 Å². The van der Waals surface area contributed by atoms with Crippen molar-refractivity contribution in [3.05, 3.63) is 28.7 Å². The molecule has 6 heteroatoms. The number of nitrogens with zero attached hydrogens (tertiary/aromatic N) is 1. The van der Waals surface area contributed by atoms with Gasteiger partial charge in [-0.25, -0.2) is 0 Å². The van der Waals surface area contributed by atoms with E-state index in [1.165, 1.54) is 0 Å². The van der Waals surface area contributed by atoms with Gasteiger partial charge in [0.15, 0.2) is 0 Å². The molecule has 0 aliphatic carbocycles. The van der Waals surface area contributed by atoms with Gasteiger partial charge in [0.2, 0.25) is 5.91 Å². The Morgan fingerprint density at radius 3 is 2.73 bits per heavy atom. The Kier molecular flexibility index (Phi) is 9.52. The number of amides is 1. The zero-order valence-corrected chi connectivity index (χ0v) is 15.1. The van der Waals surface area contributed by atoms with E-state index in [0.717, 1.165) is 55.7 Å². The molecule has 1 fully saturated rings. The third kappa shape index (κ3) is 6.99. The van der Waals surface area contributed by atoms with Crippen LogP contribution >= 0.6 is 28.3 Å². The molecule has 1 saturated heterocycles. The predicted octanol–water partition coefficient (Wildman–Crippen LogP) is 3.24. The molecular weight excluding hydrogens is 368 g/mol. The van der Waals surface area contributed by atoms with E-state index in [4.69, 9.17) is 4.74 Å². The molecule has 4 nitrogen and oxygen atoms in total. The summed E-state index contributed by atoms with van der Waals surface area (Å²) in [5.74, 6) is 1.16. The molecule has 0 radical (unpaired) electrons. The van der Waals surface area contributed by atoms with Crippen molar-refractivity contribution in [3.63, 3.8) is 0 Å². The summed E-state index contributed by atoms with van der Waals surface area (Å²) in [6.07, 6.45) is 3.48. The van der Waals surface area contributed by atoms with Gasteiger partial charge in [-0.3, -0.25) is 4.79 Å². The van der Waals surface area contributed by atoms with Gasteiger partial charge in [-0.15, -0.1) is 12.4 Å². The Hall–Kier alpha value is -0.780. The van der Waals surface area contributed by atoms with Crippen molar-refractivity contribution in [2.45, 2.75) is 25.7 Å². The highest BCUT2D eigenvalue weighted by molar-refractivity contribution is 9.10. The van der Waals surface area contributed by atoms with Crippen molar-refractivity contribution in [1.29, 1.82) is 0 Å². The van der Waals surface area contributed by atoms with E-state index in [9.17, 15) is 4.79 Å². The van der Waals surface area contributed by atoms with Crippen molar-refractivity contribution in [1.82, 2.24) is 10.2 Å². The highest BCUT2D eigenvalue weighted by Gasteiger charge is 2.14. The molecule has 1 aliphatic heterocycles. The minimum absolute atomic E-state index is 0. The number of ether oxygens (including phenoxy) is 1. The summed E-state index contributed by atoms with van der Waals surface area (Å²) < 4.78 is 6.70. The first kappa shape index (κ1) is 19.3. The molecule has 1 N–H and O–H groups in total. The van der Waals surface area contributed by atoms with E-state index < -0.39 is 0 Å². The average molecular weight is 392 g/mol. The maximum Gasteiger partial charge on any atom is 0.222 e. The first-order chi connectivity index (χ1) is 10.3. The normalized spacial score (nSPS) is 14.9. The van der Waals surface area contributed by atoms with Gasteiger partial charge < -0.3 is 15.0 Å². The van der Waals surface area contributed by atoms with Crippen LogP contribution in [0.1, 0.15) is 25.7 Å². The Morgan fingerprint density at radius 1 is 1.18 bits per heavy atom. The maximum atomic E-state index is 12.1. The lowest BCUT2D eigenvalue weighted by Crippen LogP contribution is -2.34. The van der Waals surface area contributed by atoms with E-state index in [1.807, 2.05) is 29.2 Å². The fraction of sp³-hybridized carbons (Fsp3) is 0.562. The van der Waals surface area contributed by atoms with Crippen LogP contribution in [-0.4, -0.2) is 43.6 Å². The van der Waals surface area contributed by atoms with Gasteiger partial charge in [0, 0.05) is 30.5 Å². The number of unbranched alkanes of at least 4 members (excludes halogenated alkanes) is 1. The summed E-state index contributed by atoms with van der Waals surface area (Å²) in [6.45, 7) is 4.33. The summed E-state index contributed by atoms with van der Waals surface area (Å²) >= 11 is 3.40. The summed E-state index contributed by atoms with van der Waals surface area (Å²) in [6, 6.07) is 7.82. The molecule has 0 spiro atoms. The zero-order valence-electron chi connectivity index (χ0n) is 12.7. The maximum absolute atomic E-state index is 12.1. The average Bonchev–Trinajstić information content (AvgIpc) is 2.78. The molecule has 0 bridgehead atoms. The van der Waals surface area contributed by atoms with E-state index in [1.54, 1.807) is 0 Å². The van der Waals surface area contributed by atoms with Crippen LogP contribution in [0.4, 0.5) is 0 Å². The van der Waals surface area contributed by atoms with Gasteiger partial charge in [-0.1, -0.05) is 15.9 Å².